The van der Waals surface area contributed by atoms with Crippen LogP contribution in [0.2, 0.25) is 0 Å². The molecule has 2 aromatic carbocycles. The molecule has 0 aromatic heterocycles. The summed E-state index contributed by atoms with van der Waals surface area (Å²) < 4.78 is 23.1. The molecule has 150 valence electrons. The van der Waals surface area contributed by atoms with Crippen molar-refractivity contribution in [3.05, 3.63) is 46.4 Å². The molecular formula is C19H22BrN3O5. The lowest BCUT2D eigenvalue weighted by Gasteiger charge is -2.15. The normalized spacial score (nSPS) is 10.5. The third-order valence-corrected chi connectivity index (χ3v) is 3.97. The molecule has 0 bridgehead atoms. The van der Waals surface area contributed by atoms with Gasteiger partial charge in [-0.3, -0.25) is 0 Å². The van der Waals surface area contributed by atoms with E-state index in [2.05, 4.69) is 26.5 Å². The van der Waals surface area contributed by atoms with E-state index in [4.69, 9.17) is 24.7 Å². The average molecular weight is 452 g/mol. The Morgan fingerprint density at radius 2 is 1.86 bits per heavy atom. The number of methoxy groups -OCH3 is 1. The van der Waals surface area contributed by atoms with Crippen molar-refractivity contribution in [3.63, 3.8) is 0 Å². The maximum absolute atomic E-state index is 10.7. The molecule has 0 heterocycles. The molecule has 0 aliphatic carbocycles. The average Bonchev–Trinajstić information content (AvgIpc) is 2.67. The summed E-state index contributed by atoms with van der Waals surface area (Å²) in [7, 11) is 1.59. The van der Waals surface area contributed by atoms with Crippen LogP contribution in [0.3, 0.4) is 0 Å². The van der Waals surface area contributed by atoms with Gasteiger partial charge in [0.15, 0.2) is 23.0 Å². The molecule has 0 atom stereocenters. The van der Waals surface area contributed by atoms with Crippen molar-refractivity contribution >= 4 is 28.2 Å². The Morgan fingerprint density at radius 1 is 1.14 bits per heavy atom. The number of urea groups is 1. The third kappa shape index (κ3) is 6.34. The van der Waals surface area contributed by atoms with Crippen molar-refractivity contribution in [1.82, 2.24) is 5.43 Å². The second-order valence-corrected chi connectivity index (χ2v) is 6.20. The highest BCUT2D eigenvalue weighted by Gasteiger charge is 2.12. The summed E-state index contributed by atoms with van der Waals surface area (Å²) in [5, 5.41) is 3.74. The zero-order valence-corrected chi connectivity index (χ0v) is 17.2. The summed E-state index contributed by atoms with van der Waals surface area (Å²) in [5.74, 6) is 2.39. The number of nitrogens with two attached hydrogens (primary N) is 1. The van der Waals surface area contributed by atoms with Gasteiger partial charge in [0.1, 0.15) is 13.2 Å². The molecule has 0 spiro atoms. The molecule has 2 rings (SSSR count). The Kier molecular flexibility index (Phi) is 8.41. The minimum Gasteiger partial charge on any atom is -0.493 e. The van der Waals surface area contributed by atoms with Crippen LogP contribution >= 0.6 is 15.9 Å². The molecule has 0 saturated carbocycles. The second kappa shape index (κ2) is 11.0. The molecule has 0 aliphatic heterocycles. The molecule has 0 unspecified atom stereocenters. The molecule has 2 amide bonds. The topological polar surface area (TPSA) is 104 Å². The highest BCUT2D eigenvalue weighted by atomic mass is 79.9. The van der Waals surface area contributed by atoms with E-state index in [1.54, 1.807) is 19.2 Å². The van der Waals surface area contributed by atoms with Gasteiger partial charge in [-0.2, -0.15) is 5.10 Å². The fraction of sp³-hybridized carbons (Fsp3) is 0.263. The van der Waals surface area contributed by atoms with Crippen LogP contribution in [0.5, 0.6) is 23.0 Å². The van der Waals surface area contributed by atoms with Gasteiger partial charge in [0.05, 0.1) is 24.4 Å². The number of carbonyl (C=O) groups excluding carboxylic acids is 1. The Bertz CT molecular complexity index is 829. The molecule has 2 aromatic rings. The Morgan fingerprint density at radius 3 is 2.54 bits per heavy atom. The van der Waals surface area contributed by atoms with Gasteiger partial charge >= 0.3 is 6.03 Å². The summed E-state index contributed by atoms with van der Waals surface area (Å²) in [4.78, 5) is 10.7. The predicted molar refractivity (Wildman–Crippen MR) is 110 cm³/mol. The Labute approximate surface area is 171 Å². The third-order valence-electron chi connectivity index (χ3n) is 3.38. The quantitative estimate of drug-likeness (QED) is 0.327. The molecule has 0 aliphatic rings. The molecule has 0 radical (unpaired) electrons. The van der Waals surface area contributed by atoms with E-state index in [9.17, 15) is 4.79 Å². The van der Waals surface area contributed by atoms with Gasteiger partial charge in [0, 0.05) is 0 Å². The van der Waals surface area contributed by atoms with Crippen molar-refractivity contribution in [1.29, 1.82) is 0 Å². The van der Waals surface area contributed by atoms with E-state index in [-0.39, 0.29) is 0 Å². The van der Waals surface area contributed by atoms with Crippen LogP contribution in [-0.4, -0.2) is 39.2 Å². The summed E-state index contributed by atoms with van der Waals surface area (Å²) in [6, 6.07) is 10.2. The maximum Gasteiger partial charge on any atom is 0.332 e. The monoisotopic (exact) mass is 451 g/mol. The van der Waals surface area contributed by atoms with Gasteiger partial charge in [0.25, 0.3) is 0 Å². The highest BCUT2D eigenvalue weighted by Crippen LogP contribution is 2.36. The number of hydrogen-bond donors (Lipinski definition) is 2. The van der Waals surface area contributed by atoms with E-state index >= 15 is 0 Å². The number of primary amides is 1. The minimum absolute atomic E-state index is 0.299. The van der Waals surface area contributed by atoms with Crippen molar-refractivity contribution in [2.75, 3.05) is 26.9 Å². The first kappa shape index (κ1) is 21.4. The van der Waals surface area contributed by atoms with Crippen LogP contribution in [0.4, 0.5) is 4.79 Å². The molecule has 9 heteroatoms. The van der Waals surface area contributed by atoms with E-state index in [1.165, 1.54) is 6.21 Å². The lowest BCUT2D eigenvalue weighted by Crippen LogP contribution is -2.24. The van der Waals surface area contributed by atoms with Crippen LogP contribution in [-0.2, 0) is 0 Å². The van der Waals surface area contributed by atoms with Crippen LogP contribution < -0.4 is 30.1 Å². The largest absolute Gasteiger partial charge is 0.493 e. The van der Waals surface area contributed by atoms with Crippen LogP contribution in [0.1, 0.15) is 12.5 Å². The minimum atomic E-state index is -0.740. The van der Waals surface area contributed by atoms with Gasteiger partial charge in [-0.25, -0.2) is 10.2 Å². The summed E-state index contributed by atoms with van der Waals surface area (Å²) >= 11 is 3.47. The van der Waals surface area contributed by atoms with E-state index in [1.807, 2.05) is 31.2 Å². The summed E-state index contributed by atoms with van der Waals surface area (Å²) in [6.07, 6.45) is 1.45. The van der Waals surface area contributed by atoms with Gasteiger partial charge in [-0.1, -0.05) is 12.1 Å². The standard InChI is InChI=1S/C19H22BrN3O5/c1-3-26-17-11-13(12-22-23-19(21)24)10-14(20)18(17)28-9-8-27-16-7-5-4-6-15(16)25-2/h4-7,10-12H,3,8-9H2,1-2H3,(H3,21,23,24)/b22-12+. The lowest BCUT2D eigenvalue weighted by molar-refractivity contribution is 0.202. The number of hydrazone groups is 1. The van der Waals surface area contributed by atoms with Crippen molar-refractivity contribution in [2.24, 2.45) is 10.8 Å². The zero-order chi connectivity index (χ0) is 20.4. The Balaban J connectivity index is 2.03. The number of nitrogens with one attached hydrogen (secondary N) is 1. The second-order valence-electron chi connectivity index (χ2n) is 5.35. The highest BCUT2D eigenvalue weighted by molar-refractivity contribution is 9.10. The van der Waals surface area contributed by atoms with Crippen molar-refractivity contribution in [3.8, 4) is 23.0 Å². The van der Waals surface area contributed by atoms with Gasteiger partial charge in [0.2, 0.25) is 0 Å². The van der Waals surface area contributed by atoms with E-state index in [0.717, 1.165) is 0 Å². The Hall–Kier alpha value is -2.94. The van der Waals surface area contributed by atoms with Gasteiger partial charge < -0.3 is 24.7 Å². The lowest BCUT2D eigenvalue weighted by atomic mass is 10.2. The summed E-state index contributed by atoms with van der Waals surface area (Å²) in [6.45, 7) is 2.95. The first-order chi connectivity index (χ1) is 13.5. The van der Waals surface area contributed by atoms with Crippen LogP contribution in [0, 0.1) is 0 Å². The number of carbonyl (C=O) groups is 1. The first-order valence-corrected chi connectivity index (χ1v) is 9.28. The zero-order valence-electron chi connectivity index (χ0n) is 15.6. The van der Waals surface area contributed by atoms with Crippen molar-refractivity contribution in [2.45, 2.75) is 6.92 Å². The number of para-hydroxylation sites is 2. The van der Waals surface area contributed by atoms with Crippen molar-refractivity contribution < 1.29 is 23.7 Å². The molecule has 28 heavy (non-hydrogen) atoms. The molecular weight excluding hydrogens is 430 g/mol. The predicted octanol–water partition coefficient (Wildman–Crippen LogP) is 3.32. The molecule has 3 N–H and O–H groups in total. The molecule has 0 fully saturated rings. The SMILES string of the molecule is CCOc1cc(/C=N/NC(N)=O)cc(Br)c1OCCOc1ccccc1OC. The number of benzene rings is 2. The number of amides is 2. The number of ether oxygens (including phenoxy) is 4. The number of halogens is 1. The number of nitrogens with zero attached hydrogens (tertiary/aromatic N) is 1. The molecule has 0 saturated heterocycles. The maximum atomic E-state index is 10.7. The van der Waals surface area contributed by atoms with Gasteiger partial charge in [-0.15, -0.1) is 0 Å². The van der Waals surface area contributed by atoms with E-state index in [0.29, 0.717) is 52.9 Å². The fourth-order valence-corrected chi connectivity index (χ4v) is 2.84. The fourth-order valence-electron chi connectivity index (χ4n) is 2.27. The first-order valence-electron chi connectivity index (χ1n) is 8.48. The number of hydrogen-bond acceptors (Lipinski definition) is 6. The number of rotatable bonds is 10. The van der Waals surface area contributed by atoms with Crippen LogP contribution in [0.25, 0.3) is 0 Å². The molecule has 8 nitrogen and oxygen atoms in total. The summed E-state index contributed by atoms with van der Waals surface area (Å²) in [5.41, 5.74) is 7.82. The smallest absolute Gasteiger partial charge is 0.332 e. The van der Waals surface area contributed by atoms with Crippen LogP contribution in [0.15, 0.2) is 46.0 Å². The van der Waals surface area contributed by atoms with E-state index < -0.39 is 6.03 Å². The van der Waals surface area contributed by atoms with Gasteiger partial charge in [-0.05, 0) is 52.7 Å².